The zero-order chi connectivity index (χ0) is 16.7. The highest BCUT2D eigenvalue weighted by Gasteiger charge is 2.19. The first-order valence-electron chi connectivity index (χ1n) is 7.29. The number of aromatic nitrogens is 1. The van der Waals surface area contributed by atoms with Crippen LogP contribution in [-0.4, -0.2) is 16.1 Å². The molecule has 0 aliphatic heterocycles. The van der Waals surface area contributed by atoms with Gasteiger partial charge in [-0.25, -0.2) is 9.78 Å². The van der Waals surface area contributed by atoms with Crippen LogP contribution in [-0.2, 0) is 0 Å². The summed E-state index contributed by atoms with van der Waals surface area (Å²) in [4.78, 5) is 16.6. The Balaban J connectivity index is 2.45. The summed E-state index contributed by atoms with van der Waals surface area (Å²) >= 11 is 6.08. The highest BCUT2D eigenvalue weighted by Crippen LogP contribution is 2.32. The first kappa shape index (κ1) is 15.5. The number of carboxylic acid groups (broad SMARTS) is 1. The van der Waals surface area contributed by atoms with E-state index in [4.69, 9.17) is 16.6 Å². The minimum Gasteiger partial charge on any atom is -0.478 e. The maximum Gasteiger partial charge on any atom is 0.336 e. The molecule has 0 unspecified atom stereocenters. The number of carbonyl (C=O) groups is 1. The molecule has 0 saturated heterocycles. The standard InChI is InChI=1S/C19H16ClNO2/c1-10-7-11(2)17-15(8-10)16(19(22)23)12(3)18(21-17)13-5-4-6-14(20)9-13/h4-9H,1-3H3,(H,22,23). The van der Waals surface area contributed by atoms with Crippen LogP contribution in [0.25, 0.3) is 22.2 Å². The molecule has 1 N–H and O–H groups in total. The first-order chi connectivity index (χ1) is 10.9. The molecule has 0 aliphatic carbocycles. The van der Waals surface area contributed by atoms with Crippen molar-refractivity contribution in [1.82, 2.24) is 4.98 Å². The fraction of sp³-hybridized carbons (Fsp3) is 0.158. The Morgan fingerprint density at radius 2 is 1.87 bits per heavy atom. The average molecular weight is 326 g/mol. The summed E-state index contributed by atoms with van der Waals surface area (Å²) in [6.07, 6.45) is 0. The summed E-state index contributed by atoms with van der Waals surface area (Å²) in [5, 5.41) is 11.0. The van der Waals surface area contributed by atoms with Gasteiger partial charge in [-0.3, -0.25) is 0 Å². The number of aromatic carboxylic acids is 1. The number of halogens is 1. The molecule has 0 aliphatic rings. The van der Waals surface area contributed by atoms with Gasteiger partial charge < -0.3 is 5.11 Å². The Morgan fingerprint density at radius 1 is 1.13 bits per heavy atom. The van der Waals surface area contributed by atoms with E-state index in [1.54, 1.807) is 19.1 Å². The zero-order valence-corrected chi connectivity index (χ0v) is 13.9. The lowest BCUT2D eigenvalue weighted by Gasteiger charge is -2.14. The molecule has 0 fully saturated rings. The van der Waals surface area contributed by atoms with Crippen molar-refractivity contribution in [3.8, 4) is 11.3 Å². The topological polar surface area (TPSA) is 50.2 Å². The molecule has 1 heterocycles. The van der Waals surface area contributed by atoms with Crippen LogP contribution in [0.2, 0.25) is 5.02 Å². The van der Waals surface area contributed by atoms with E-state index < -0.39 is 5.97 Å². The van der Waals surface area contributed by atoms with Crippen molar-refractivity contribution in [3.05, 3.63) is 63.7 Å². The fourth-order valence-electron chi connectivity index (χ4n) is 3.01. The van der Waals surface area contributed by atoms with Crippen molar-refractivity contribution >= 4 is 28.5 Å². The van der Waals surface area contributed by atoms with Crippen molar-refractivity contribution < 1.29 is 9.90 Å². The normalized spacial score (nSPS) is 11.0. The van der Waals surface area contributed by atoms with E-state index in [9.17, 15) is 9.90 Å². The van der Waals surface area contributed by atoms with Crippen LogP contribution in [0.3, 0.4) is 0 Å². The Labute approximate surface area is 139 Å². The lowest BCUT2D eigenvalue weighted by atomic mass is 9.95. The van der Waals surface area contributed by atoms with Gasteiger partial charge in [0.05, 0.1) is 16.8 Å². The van der Waals surface area contributed by atoms with E-state index in [2.05, 4.69) is 0 Å². The minimum absolute atomic E-state index is 0.303. The summed E-state index contributed by atoms with van der Waals surface area (Å²) in [5.74, 6) is -0.942. The van der Waals surface area contributed by atoms with Crippen molar-refractivity contribution in [2.45, 2.75) is 20.8 Å². The van der Waals surface area contributed by atoms with E-state index >= 15 is 0 Å². The van der Waals surface area contributed by atoms with Crippen LogP contribution >= 0.6 is 11.6 Å². The zero-order valence-electron chi connectivity index (χ0n) is 13.1. The second-order valence-electron chi connectivity index (χ2n) is 5.75. The number of rotatable bonds is 2. The van der Waals surface area contributed by atoms with Gasteiger partial charge in [-0.1, -0.05) is 35.4 Å². The Hall–Kier alpha value is -2.39. The molecule has 3 rings (SSSR count). The summed E-state index contributed by atoms with van der Waals surface area (Å²) in [7, 11) is 0. The number of hydrogen-bond acceptors (Lipinski definition) is 2. The van der Waals surface area contributed by atoms with Crippen LogP contribution in [0.4, 0.5) is 0 Å². The van der Waals surface area contributed by atoms with E-state index in [-0.39, 0.29) is 0 Å². The molecule has 116 valence electrons. The lowest BCUT2D eigenvalue weighted by molar-refractivity contribution is 0.0698. The molecule has 2 aromatic carbocycles. The number of carboxylic acids is 1. The van der Waals surface area contributed by atoms with E-state index in [0.717, 1.165) is 16.7 Å². The van der Waals surface area contributed by atoms with Crippen LogP contribution in [0.5, 0.6) is 0 Å². The Morgan fingerprint density at radius 3 is 2.52 bits per heavy atom. The number of aryl methyl sites for hydroxylation is 2. The predicted molar refractivity (Wildman–Crippen MR) is 93.4 cm³/mol. The van der Waals surface area contributed by atoms with Crippen molar-refractivity contribution in [2.24, 2.45) is 0 Å². The van der Waals surface area contributed by atoms with Crippen molar-refractivity contribution in [2.75, 3.05) is 0 Å². The highest BCUT2D eigenvalue weighted by molar-refractivity contribution is 6.30. The second kappa shape index (κ2) is 5.67. The largest absolute Gasteiger partial charge is 0.478 e. The Kier molecular flexibility index (Phi) is 3.82. The number of pyridine rings is 1. The smallest absolute Gasteiger partial charge is 0.336 e. The first-order valence-corrected chi connectivity index (χ1v) is 7.67. The second-order valence-corrected chi connectivity index (χ2v) is 6.19. The molecular formula is C19H16ClNO2. The third-order valence-corrected chi connectivity index (χ3v) is 4.21. The van der Waals surface area contributed by atoms with Gasteiger partial charge in [0.1, 0.15) is 0 Å². The van der Waals surface area contributed by atoms with E-state index in [0.29, 0.717) is 32.7 Å². The Bertz CT molecular complexity index is 948. The maximum absolute atomic E-state index is 11.9. The molecule has 0 amide bonds. The number of benzene rings is 2. The lowest BCUT2D eigenvalue weighted by Crippen LogP contribution is -2.06. The van der Waals surface area contributed by atoms with E-state index in [1.165, 1.54) is 0 Å². The molecule has 23 heavy (non-hydrogen) atoms. The molecule has 0 bridgehead atoms. The van der Waals surface area contributed by atoms with Gasteiger partial charge in [-0.05, 0) is 50.1 Å². The molecule has 3 aromatic rings. The van der Waals surface area contributed by atoms with Crippen LogP contribution < -0.4 is 0 Å². The van der Waals surface area contributed by atoms with E-state index in [1.807, 2.05) is 38.1 Å². The highest BCUT2D eigenvalue weighted by atomic mass is 35.5. The van der Waals surface area contributed by atoms with Gasteiger partial charge in [0.2, 0.25) is 0 Å². The van der Waals surface area contributed by atoms with Gasteiger partial charge in [0.25, 0.3) is 0 Å². The molecule has 0 radical (unpaired) electrons. The quantitative estimate of drug-likeness (QED) is 0.706. The molecule has 3 nitrogen and oxygen atoms in total. The maximum atomic E-state index is 11.9. The van der Waals surface area contributed by atoms with Crippen molar-refractivity contribution in [3.63, 3.8) is 0 Å². The molecule has 0 atom stereocenters. The van der Waals surface area contributed by atoms with Gasteiger partial charge in [-0.15, -0.1) is 0 Å². The summed E-state index contributed by atoms with van der Waals surface area (Å²) in [6.45, 7) is 5.70. The predicted octanol–water partition coefficient (Wildman–Crippen LogP) is 5.18. The van der Waals surface area contributed by atoms with Gasteiger partial charge >= 0.3 is 5.97 Å². The monoisotopic (exact) mass is 325 g/mol. The third kappa shape index (κ3) is 2.68. The van der Waals surface area contributed by atoms with Gasteiger partial charge in [-0.2, -0.15) is 0 Å². The van der Waals surface area contributed by atoms with Crippen LogP contribution in [0.15, 0.2) is 36.4 Å². The summed E-state index contributed by atoms with van der Waals surface area (Å²) in [6, 6.07) is 11.2. The van der Waals surface area contributed by atoms with Crippen LogP contribution in [0, 0.1) is 20.8 Å². The minimum atomic E-state index is -0.942. The molecule has 0 saturated carbocycles. The molecule has 1 aromatic heterocycles. The third-order valence-electron chi connectivity index (χ3n) is 3.98. The van der Waals surface area contributed by atoms with Gasteiger partial charge in [0, 0.05) is 16.0 Å². The molecule has 0 spiro atoms. The summed E-state index contributed by atoms with van der Waals surface area (Å²) < 4.78 is 0. The SMILES string of the molecule is Cc1cc(C)c2nc(-c3cccc(Cl)c3)c(C)c(C(=O)O)c2c1. The summed E-state index contributed by atoms with van der Waals surface area (Å²) in [5.41, 5.74) is 5.13. The average Bonchev–Trinajstić information content (AvgIpc) is 2.46. The van der Waals surface area contributed by atoms with Crippen LogP contribution in [0.1, 0.15) is 27.0 Å². The number of hydrogen-bond donors (Lipinski definition) is 1. The fourth-order valence-corrected chi connectivity index (χ4v) is 3.20. The number of fused-ring (bicyclic) bond motifs is 1. The molecular weight excluding hydrogens is 310 g/mol. The number of nitrogens with zero attached hydrogens (tertiary/aromatic N) is 1. The van der Waals surface area contributed by atoms with Crippen molar-refractivity contribution in [1.29, 1.82) is 0 Å². The molecule has 4 heteroatoms. The van der Waals surface area contributed by atoms with Gasteiger partial charge in [0.15, 0.2) is 0 Å².